The molecule has 5 aromatic carbocycles. The van der Waals surface area contributed by atoms with Gasteiger partial charge in [-0.3, -0.25) is 0 Å². The molecule has 5 aromatic rings. The Hall–Kier alpha value is -3.90. The van der Waals surface area contributed by atoms with Crippen molar-refractivity contribution in [2.75, 3.05) is 0 Å². The molecule has 0 aliphatic heterocycles. The van der Waals surface area contributed by atoms with Gasteiger partial charge in [0.2, 0.25) is 0 Å². The average molecular weight is 411 g/mol. The molecule has 154 valence electrons. The fourth-order valence-electron chi connectivity index (χ4n) is 4.34. The van der Waals surface area contributed by atoms with E-state index in [-0.39, 0.29) is 0 Å². The van der Waals surface area contributed by atoms with Crippen LogP contribution < -0.4 is 0 Å². The first-order valence-electron chi connectivity index (χ1n) is 11.1. The van der Waals surface area contributed by atoms with Gasteiger partial charge in [-0.1, -0.05) is 109 Å². The van der Waals surface area contributed by atoms with Gasteiger partial charge in [0, 0.05) is 0 Å². The summed E-state index contributed by atoms with van der Waals surface area (Å²) in [6, 6.07) is 34.5. The molecule has 0 unspecified atom stereocenters. The van der Waals surface area contributed by atoms with Crippen LogP contribution in [0, 0.1) is 13.8 Å². The van der Waals surface area contributed by atoms with Gasteiger partial charge in [-0.15, -0.1) is 0 Å². The van der Waals surface area contributed by atoms with E-state index in [9.17, 15) is 0 Å². The van der Waals surface area contributed by atoms with Gasteiger partial charge in [0.05, 0.1) is 0 Å². The van der Waals surface area contributed by atoms with Crippen molar-refractivity contribution >= 4 is 45.8 Å². The second-order valence-electron chi connectivity index (χ2n) is 8.35. The number of aryl methyl sites for hydroxylation is 2. The topological polar surface area (TPSA) is 0 Å². The summed E-state index contributed by atoms with van der Waals surface area (Å²) in [5, 5.41) is 5.30. The maximum atomic E-state index is 2.32. The Balaban J connectivity index is 1.55. The number of hydrogen-bond acceptors (Lipinski definition) is 0. The van der Waals surface area contributed by atoms with Crippen molar-refractivity contribution in [1.82, 2.24) is 0 Å². The third-order valence-corrected chi connectivity index (χ3v) is 6.28. The molecule has 0 fully saturated rings. The Morgan fingerprint density at radius 3 is 1.16 bits per heavy atom. The van der Waals surface area contributed by atoms with E-state index >= 15 is 0 Å². The summed E-state index contributed by atoms with van der Waals surface area (Å²) in [6.07, 6.45) is 8.75. The minimum absolute atomic E-state index is 1.22. The van der Waals surface area contributed by atoms with Gasteiger partial charge in [0.15, 0.2) is 0 Å². The number of benzene rings is 5. The first-order chi connectivity index (χ1) is 15.7. The third kappa shape index (κ3) is 4.00. The molecule has 0 radical (unpaired) electrons. The summed E-state index contributed by atoms with van der Waals surface area (Å²) in [6.45, 7) is 4.49. The molecule has 0 atom stereocenters. The van der Waals surface area contributed by atoms with E-state index in [0.29, 0.717) is 0 Å². The first-order valence-corrected chi connectivity index (χ1v) is 11.1. The van der Waals surface area contributed by atoms with E-state index in [2.05, 4.69) is 123 Å². The normalized spacial score (nSPS) is 11.8. The lowest BCUT2D eigenvalue weighted by atomic mass is 9.91. The van der Waals surface area contributed by atoms with E-state index in [1.807, 2.05) is 12.1 Å². The summed E-state index contributed by atoms with van der Waals surface area (Å²) in [7, 11) is 0. The number of hydrogen-bond donors (Lipinski definition) is 0. The molecule has 32 heavy (non-hydrogen) atoms. The maximum Gasteiger partial charge on any atom is -0.0102 e. The Morgan fingerprint density at radius 1 is 0.375 bits per heavy atom. The molecule has 0 bridgehead atoms. The lowest BCUT2D eigenvalue weighted by Crippen LogP contribution is -1.90. The fraction of sp³-hybridized carbons (Fsp3) is 0.0625. The van der Waals surface area contributed by atoms with E-state index in [4.69, 9.17) is 0 Å². The Bertz CT molecular complexity index is 1340. The summed E-state index contributed by atoms with van der Waals surface area (Å²) in [5.41, 5.74) is 7.60. The zero-order valence-corrected chi connectivity index (χ0v) is 18.5. The van der Waals surface area contributed by atoms with Crippen molar-refractivity contribution in [3.8, 4) is 0 Å². The van der Waals surface area contributed by atoms with Gasteiger partial charge >= 0.3 is 0 Å². The Morgan fingerprint density at radius 2 is 0.750 bits per heavy atom. The molecule has 0 amide bonds. The standard InChI is InChI=1S/C32H26/c1-23-24(2)32-22-28(16-14-26-11-7-4-8-12-26)18-20-30(32)29-19-17-27(21-31(23)29)15-13-25-9-5-3-6-10-25/h3-22H,1-2H3. The Labute approximate surface area is 190 Å². The quantitative estimate of drug-likeness (QED) is 0.205. The van der Waals surface area contributed by atoms with Crippen LogP contribution in [0.25, 0.3) is 45.8 Å². The van der Waals surface area contributed by atoms with Crippen LogP contribution in [0.1, 0.15) is 33.4 Å². The highest BCUT2D eigenvalue weighted by Crippen LogP contribution is 2.34. The Kier molecular flexibility index (Phi) is 5.44. The van der Waals surface area contributed by atoms with Gasteiger partial charge in [0.1, 0.15) is 0 Å². The highest BCUT2D eigenvalue weighted by atomic mass is 14.1. The molecular formula is C32H26. The smallest absolute Gasteiger partial charge is 0.0102 e. The van der Waals surface area contributed by atoms with Gasteiger partial charge in [-0.05, 0) is 80.9 Å². The van der Waals surface area contributed by atoms with Gasteiger partial charge in [0.25, 0.3) is 0 Å². The molecule has 0 nitrogen and oxygen atoms in total. The second-order valence-corrected chi connectivity index (χ2v) is 8.35. The van der Waals surface area contributed by atoms with Crippen molar-refractivity contribution in [2.45, 2.75) is 13.8 Å². The second kappa shape index (κ2) is 8.69. The van der Waals surface area contributed by atoms with Crippen molar-refractivity contribution in [3.63, 3.8) is 0 Å². The van der Waals surface area contributed by atoms with Crippen molar-refractivity contribution in [3.05, 3.63) is 130 Å². The van der Waals surface area contributed by atoms with E-state index < -0.39 is 0 Å². The average Bonchev–Trinajstić information content (AvgIpc) is 2.86. The predicted molar refractivity (Wildman–Crippen MR) is 142 cm³/mol. The maximum absolute atomic E-state index is 2.32. The molecule has 0 saturated heterocycles. The molecule has 0 aliphatic rings. The summed E-state index contributed by atoms with van der Waals surface area (Å²) >= 11 is 0. The van der Waals surface area contributed by atoms with Crippen LogP contribution in [0.4, 0.5) is 0 Å². The molecular weight excluding hydrogens is 384 g/mol. The lowest BCUT2D eigenvalue weighted by molar-refractivity contribution is 1.41. The zero-order chi connectivity index (χ0) is 21.9. The first kappa shape index (κ1) is 20.0. The molecule has 0 aliphatic carbocycles. The van der Waals surface area contributed by atoms with E-state index in [1.54, 1.807) is 0 Å². The summed E-state index contributed by atoms with van der Waals surface area (Å²) < 4.78 is 0. The molecule has 5 rings (SSSR count). The van der Waals surface area contributed by atoms with Gasteiger partial charge in [-0.25, -0.2) is 0 Å². The van der Waals surface area contributed by atoms with E-state index in [0.717, 1.165) is 0 Å². The zero-order valence-electron chi connectivity index (χ0n) is 18.5. The highest BCUT2D eigenvalue weighted by molar-refractivity contribution is 6.11. The van der Waals surface area contributed by atoms with Crippen molar-refractivity contribution in [2.24, 2.45) is 0 Å². The van der Waals surface area contributed by atoms with Crippen LogP contribution in [0.5, 0.6) is 0 Å². The monoisotopic (exact) mass is 410 g/mol. The van der Waals surface area contributed by atoms with Crippen LogP contribution in [0.15, 0.2) is 97.1 Å². The molecule has 0 aromatic heterocycles. The largest absolute Gasteiger partial charge is 0.0622 e. The van der Waals surface area contributed by atoms with Crippen LogP contribution in [-0.4, -0.2) is 0 Å². The van der Waals surface area contributed by atoms with Gasteiger partial charge < -0.3 is 0 Å². The third-order valence-electron chi connectivity index (χ3n) is 6.28. The minimum Gasteiger partial charge on any atom is -0.0622 e. The molecule has 0 heterocycles. The molecule has 0 N–H and O–H groups in total. The molecule has 0 spiro atoms. The van der Waals surface area contributed by atoms with Crippen LogP contribution in [-0.2, 0) is 0 Å². The molecule has 0 heteroatoms. The lowest BCUT2D eigenvalue weighted by Gasteiger charge is -2.13. The number of rotatable bonds is 4. The summed E-state index contributed by atoms with van der Waals surface area (Å²) in [4.78, 5) is 0. The number of fused-ring (bicyclic) bond motifs is 3. The van der Waals surface area contributed by atoms with Gasteiger partial charge in [-0.2, -0.15) is 0 Å². The van der Waals surface area contributed by atoms with E-state index in [1.165, 1.54) is 54.9 Å². The minimum atomic E-state index is 1.22. The van der Waals surface area contributed by atoms with Crippen molar-refractivity contribution < 1.29 is 0 Å². The highest BCUT2D eigenvalue weighted by Gasteiger charge is 2.09. The van der Waals surface area contributed by atoms with Crippen LogP contribution in [0.3, 0.4) is 0 Å². The SMILES string of the molecule is Cc1c(C)c2cc(C=Cc3ccccc3)ccc2c2ccc(C=Cc3ccccc3)cc12. The summed E-state index contributed by atoms with van der Waals surface area (Å²) in [5.74, 6) is 0. The van der Waals surface area contributed by atoms with Crippen molar-refractivity contribution in [1.29, 1.82) is 0 Å². The predicted octanol–water partition coefficient (Wildman–Crippen LogP) is 8.95. The van der Waals surface area contributed by atoms with Crippen LogP contribution >= 0.6 is 0 Å². The van der Waals surface area contributed by atoms with Crippen LogP contribution in [0.2, 0.25) is 0 Å². The molecule has 0 saturated carbocycles. The fourth-order valence-corrected chi connectivity index (χ4v) is 4.34.